The zero-order valence-corrected chi connectivity index (χ0v) is 10.3. The van der Waals surface area contributed by atoms with Gasteiger partial charge >= 0.3 is 6.09 Å². The van der Waals surface area contributed by atoms with Gasteiger partial charge in [0.2, 0.25) is 0 Å². The molecule has 1 aliphatic heterocycles. The van der Waals surface area contributed by atoms with Crippen molar-refractivity contribution in [2.75, 3.05) is 13.1 Å². The van der Waals surface area contributed by atoms with Gasteiger partial charge in [-0.1, -0.05) is 12.1 Å². The molecule has 0 aliphatic carbocycles. The molecule has 1 amide bonds. The first kappa shape index (κ1) is 12.9. The Labute approximate surface area is 106 Å². The normalized spacial score (nSPS) is 20.5. The summed E-state index contributed by atoms with van der Waals surface area (Å²) in [7, 11) is 0. The van der Waals surface area contributed by atoms with Crippen LogP contribution in [0.4, 0.5) is 9.18 Å². The number of likely N-dealkylation sites (tertiary alicyclic amines) is 1. The summed E-state index contributed by atoms with van der Waals surface area (Å²) >= 11 is 0. The molecule has 98 valence electrons. The average molecular weight is 251 g/mol. The van der Waals surface area contributed by atoms with E-state index in [0.29, 0.717) is 19.0 Å². The second-order valence-electron chi connectivity index (χ2n) is 4.90. The quantitative estimate of drug-likeness (QED) is 0.877. The molecular weight excluding hydrogens is 233 g/mol. The maximum atomic E-state index is 12.8. The fourth-order valence-electron chi connectivity index (χ4n) is 2.51. The minimum absolute atomic E-state index is 0.211. The third-order valence-electron chi connectivity index (χ3n) is 3.56. The summed E-state index contributed by atoms with van der Waals surface area (Å²) in [4.78, 5) is 12.4. The van der Waals surface area contributed by atoms with E-state index in [1.54, 1.807) is 0 Å². The third kappa shape index (κ3) is 3.45. The Balaban J connectivity index is 1.90. The van der Waals surface area contributed by atoms with Crippen molar-refractivity contribution < 1.29 is 14.3 Å². The Morgan fingerprint density at radius 1 is 1.28 bits per heavy atom. The van der Waals surface area contributed by atoms with Crippen LogP contribution in [0.5, 0.6) is 0 Å². The first-order valence-electron chi connectivity index (χ1n) is 6.37. The van der Waals surface area contributed by atoms with Gasteiger partial charge in [-0.2, -0.15) is 0 Å². The van der Waals surface area contributed by atoms with Gasteiger partial charge in [0, 0.05) is 13.1 Å². The van der Waals surface area contributed by atoms with Crippen molar-refractivity contribution >= 4 is 6.09 Å². The predicted molar refractivity (Wildman–Crippen MR) is 67.0 cm³/mol. The molecular formula is C14H18FNO2. The molecule has 1 fully saturated rings. The lowest BCUT2D eigenvalue weighted by Gasteiger charge is -2.16. The first-order chi connectivity index (χ1) is 8.65. The lowest BCUT2D eigenvalue weighted by molar-refractivity contribution is 0.146. The summed E-state index contributed by atoms with van der Waals surface area (Å²) in [5, 5.41) is 8.95. The molecule has 18 heavy (non-hydrogen) atoms. The highest BCUT2D eigenvalue weighted by atomic mass is 19.1. The number of amides is 1. The molecule has 1 aromatic carbocycles. The molecule has 0 radical (unpaired) electrons. The van der Waals surface area contributed by atoms with Crippen LogP contribution < -0.4 is 0 Å². The molecule has 0 spiro atoms. The maximum Gasteiger partial charge on any atom is 0.407 e. The van der Waals surface area contributed by atoms with Crippen LogP contribution in [0.1, 0.15) is 24.8 Å². The number of halogens is 1. The van der Waals surface area contributed by atoms with E-state index in [1.807, 2.05) is 12.1 Å². The topological polar surface area (TPSA) is 40.5 Å². The van der Waals surface area contributed by atoms with Crippen LogP contribution in [0, 0.1) is 11.7 Å². The Morgan fingerprint density at radius 3 is 2.67 bits per heavy atom. The standard InChI is InChI=1S/C14H18FNO2/c15-13-5-3-12(4-6-13)10-11-2-1-8-16(9-7-11)14(17)18/h3-6,11H,1-2,7-10H2,(H,17,18). The monoisotopic (exact) mass is 251 g/mol. The van der Waals surface area contributed by atoms with E-state index in [4.69, 9.17) is 5.11 Å². The summed E-state index contributed by atoms with van der Waals surface area (Å²) in [6, 6.07) is 6.59. The van der Waals surface area contributed by atoms with Gasteiger partial charge in [0.15, 0.2) is 0 Å². The highest BCUT2D eigenvalue weighted by Gasteiger charge is 2.20. The minimum atomic E-state index is -0.822. The van der Waals surface area contributed by atoms with E-state index in [0.717, 1.165) is 31.2 Å². The number of carboxylic acid groups (broad SMARTS) is 1. The largest absolute Gasteiger partial charge is 0.465 e. The van der Waals surface area contributed by atoms with Crippen LogP contribution in [0.15, 0.2) is 24.3 Å². The van der Waals surface area contributed by atoms with E-state index in [1.165, 1.54) is 17.0 Å². The fourth-order valence-corrected chi connectivity index (χ4v) is 2.51. The van der Waals surface area contributed by atoms with Crippen molar-refractivity contribution in [3.05, 3.63) is 35.6 Å². The molecule has 0 saturated carbocycles. The van der Waals surface area contributed by atoms with E-state index < -0.39 is 6.09 Å². The van der Waals surface area contributed by atoms with Crippen molar-refractivity contribution in [1.82, 2.24) is 4.90 Å². The molecule has 1 atom stereocenters. The molecule has 0 aromatic heterocycles. The molecule has 0 bridgehead atoms. The SMILES string of the molecule is O=C(O)N1CCCC(Cc2ccc(F)cc2)CC1. The Morgan fingerprint density at radius 2 is 2.00 bits per heavy atom. The van der Waals surface area contributed by atoms with Crippen LogP contribution in [0.2, 0.25) is 0 Å². The van der Waals surface area contributed by atoms with Gasteiger partial charge in [0.1, 0.15) is 5.82 Å². The summed E-state index contributed by atoms with van der Waals surface area (Å²) in [6.45, 7) is 1.25. The molecule has 1 aromatic rings. The van der Waals surface area contributed by atoms with Crippen molar-refractivity contribution in [1.29, 1.82) is 0 Å². The molecule has 2 rings (SSSR count). The zero-order valence-electron chi connectivity index (χ0n) is 10.3. The Hall–Kier alpha value is -1.58. The van der Waals surface area contributed by atoms with E-state index in [-0.39, 0.29) is 5.82 Å². The van der Waals surface area contributed by atoms with Crippen molar-refractivity contribution in [3.63, 3.8) is 0 Å². The van der Waals surface area contributed by atoms with Crippen molar-refractivity contribution in [2.45, 2.75) is 25.7 Å². The molecule has 1 aliphatic rings. The second kappa shape index (κ2) is 5.85. The first-order valence-corrected chi connectivity index (χ1v) is 6.37. The van der Waals surface area contributed by atoms with E-state index in [2.05, 4.69) is 0 Å². The van der Waals surface area contributed by atoms with Gasteiger partial charge in [-0.25, -0.2) is 9.18 Å². The van der Waals surface area contributed by atoms with Gasteiger partial charge in [-0.15, -0.1) is 0 Å². The fraction of sp³-hybridized carbons (Fsp3) is 0.500. The molecule has 4 heteroatoms. The van der Waals surface area contributed by atoms with Gasteiger partial charge in [-0.05, 0) is 49.3 Å². The van der Waals surface area contributed by atoms with Crippen LogP contribution in [-0.4, -0.2) is 29.2 Å². The van der Waals surface area contributed by atoms with Gasteiger partial charge in [0.25, 0.3) is 0 Å². The van der Waals surface area contributed by atoms with Crippen LogP contribution in [0.3, 0.4) is 0 Å². The molecule has 3 nitrogen and oxygen atoms in total. The highest BCUT2D eigenvalue weighted by molar-refractivity contribution is 5.64. The lowest BCUT2D eigenvalue weighted by Crippen LogP contribution is -2.30. The second-order valence-corrected chi connectivity index (χ2v) is 4.90. The molecule has 1 saturated heterocycles. The third-order valence-corrected chi connectivity index (χ3v) is 3.56. The van der Waals surface area contributed by atoms with Crippen LogP contribution in [0.25, 0.3) is 0 Å². The lowest BCUT2D eigenvalue weighted by atomic mass is 9.93. The van der Waals surface area contributed by atoms with Crippen LogP contribution >= 0.6 is 0 Å². The van der Waals surface area contributed by atoms with E-state index >= 15 is 0 Å². The maximum absolute atomic E-state index is 12.8. The Bertz CT molecular complexity index is 405. The zero-order chi connectivity index (χ0) is 13.0. The van der Waals surface area contributed by atoms with Gasteiger partial charge in [-0.3, -0.25) is 0 Å². The van der Waals surface area contributed by atoms with E-state index in [9.17, 15) is 9.18 Å². The highest BCUT2D eigenvalue weighted by Crippen LogP contribution is 2.22. The Kier molecular flexibility index (Phi) is 4.18. The number of nitrogens with zero attached hydrogens (tertiary/aromatic N) is 1. The van der Waals surface area contributed by atoms with Gasteiger partial charge in [0.05, 0.1) is 0 Å². The summed E-state index contributed by atoms with van der Waals surface area (Å²) in [6.07, 6.45) is 2.94. The molecule has 1 N–H and O–H groups in total. The summed E-state index contributed by atoms with van der Waals surface area (Å²) in [5.74, 6) is 0.288. The van der Waals surface area contributed by atoms with Crippen molar-refractivity contribution in [3.8, 4) is 0 Å². The smallest absolute Gasteiger partial charge is 0.407 e. The van der Waals surface area contributed by atoms with Gasteiger partial charge < -0.3 is 10.0 Å². The number of hydrogen-bond acceptors (Lipinski definition) is 1. The number of carbonyl (C=O) groups is 1. The van der Waals surface area contributed by atoms with Crippen molar-refractivity contribution in [2.24, 2.45) is 5.92 Å². The number of hydrogen-bond donors (Lipinski definition) is 1. The van der Waals surface area contributed by atoms with Crippen LogP contribution in [-0.2, 0) is 6.42 Å². The number of rotatable bonds is 2. The number of benzene rings is 1. The average Bonchev–Trinajstić information content (AvgIpc) is 2.58. The molecule has 1 unspecified atom stereocenters. The minimum Gasteiger partial charge on any atom is -0.465 e. The summed E-state index contributed by atoms with van der Waals surface area (Å²) in [5.41, 5.74) is 1.13. The summed E-state index contributed by atoms with van der Waals surface area (Å²) < 4.78 is 12.8. The predicted octanol–water partition coefficient (Wildman–Crippen LogP) is 3.15. The molecule has 1 heterocycles.